The van der Waals surface area contributed by atoms with Gasteiger partial charge in [0.15, 0.2) is 5.78 Å². The van der Waals surface area contributed by atoms with Crippen molar-refractivity contribution in [3.63, 3.8) is 0 Å². The zero-order valence-electron chi connectivity index (χ0n) is 11.7. The minimum absolute atomic E-state index is 0.0455. The predicted octanol–water partition coefficient (Wildman–Crippen LogP) is 3.48. The van der Waals surface area contributed by atoms with Crippen LogP contribution in [0.1, 0.15) is 22.8 Å². The van der Waals surface area contributed by atoms with Gasteiger partial charge in [-0.1, -0.05) is 30.3 Å². The maximum absolute atomic E-state index is 11.2. The fourth-order valence-electron chi connectivity index (χ4n) is 1.90. The Labute approximate surface area is 119 Å². The van der Waals surface area contributed by atoms with Gasteiger partial charge in [-0.15, -0.1) is 0 Å². The molecule has 2 rings (SSSR count). The normalized spacial score (nSPS) is 11.9. The molecule has 3 nitrogen and oxygen atoms in total. The molecule has 3 heteroatoms. The van der Waals surface area contributed by atoms with Crippen LogP contribution in [-0.2, 0) is 11.2 Å². The molecule has 0 amide bonds. The second kappa shape index (κ2) is 6.87. The number of hydrogen-bond acceptors (Lipinski definition) is 3. The minimum atomic E-state index is -0.347. The van der Waals surface area contributed by atoms with Crippen molar-refractivity contribution in [3.8, 4) is 5.75 Å². The van der Waals surface area contributed by atoms with Crippen molar-refractivity contribution >= 4 is 5.78 Å². The van der Waals surface area contributed by atoms with Crippen LogP contribution in [0.25, 0.3) is 0 Å². The topological polar surface area (TPSA) is 35.5 Å². The molecule has 2 aromatic rings. The van der Waals surface area contributed by atoms with Gasteiger partial charge in [-0.3, -0.25) is 4.79 Å². The molecule has 0 fully saturated rings. The second-order valence-electron chi connectivity index (χ2n) is 4.55. The summed E-state index contributed by atoms with van der Waals surface area (Å²) in [6.07, 6.45) is 0.326. The summed E-state index contributed by atoms with van der Waals surface area (Å²) < 4.78 is 11.1. The van der Waals surface area contributed by atoms with Gasteiger partial charge in [-0.2, -0.15) is 0 Å². The third kappa shape index (κ3) is 3.93. The van der Waals surface area contributed by atoms with Gasteiger partial charge in [0.05, 0.1) is 0 Å². The lowest BCUT2D eigenvalue weighted by atomic mass is 10.1. The number of carbonyl (C=O) groups excluding carboxylic acids is 1. The molecule has 0 aromatic heterocycles. The highest BCUT2D eigenvalue weighted by Crippen LogP contribution is 2.16. The van der Waals surface area contributed by atoms with Crippen LogP contribution in [0.5, 0.6) is 5.75 Å². The number of rotatable bonds is 6. The molecule has 0 bridgehead atoms. The SMILES string of the molecule is COC(Cc1ccccc1)Oc1ccc(C(C)=O)cc1. The van der Waals surface area contributed by atoms with Crippen LogP contribution in [0, 0.1) is 0 Å². The van der Waals surface area contributed by atoms with E-state index in [0.29, 0.717) is 17.7 Å². The van der Waals surface area contributed by atoms with E-state index in [1.54, 1.807) is 38.3 Å². The van der Waals surface area contributed by atoms with Crippen molar-refractivity contribution in [2.24, 2.45) is 0 Å². The molecule has 0 radical (unpaired) electrons. The van der Waals surface area contributed by atoms with Gasteiger partial charge >= 0.3 is 0 Å². The maximum Gasteiger partial charge on any atom is 0.203 e. The third-order valence-corrected chi connectivity index (χ3v) is 3.04. The van der Waals surface area contributed by atoms with Crippen LogP contribution in [0.2, 0.25) is 0 Å². The van der Waals surface area contributed by atoms with E-state index in [1.807, 2.05) is 30.3 Å². The summed E-state index contributed by atoms with van der Waals surface area (Å²) >= 11 is 0. The van der Waals surface area contributed by atoms with Gasteiger partial charge < -0.3 is 9.47 Å². The average molecular weight is 270 g/mol. The fraction of sp³-hybridized carbons (Fsp3) is 0.235. The van der Waals surface area contributed by atoms with Gasteiger partial charge in [0.25, 0.3) is 0 Å². The summed E-state index contributed by atoms with van der Waals surface area (Å²) in [5.41, 5.74) is 1.83. The summed E-state index contributed by atoms with van der Waals surface area (Å²) in [5.74, 6) is 0.738. The molecular formula is C17H18O3. The Hall–Kier alpha value is -2.13. The van der Waals surface area contributed by atoms with Crippen LogP contribution in [0.15, 0.2) is 54.6 Å². The minimum Gasteiger partial charge on any atom is -0.465 e. The maximum atomic E-state index is 11.2. The van der Waals surface area contributed by atoms with Gasteiger partial charge in [-0.25, -0.2) is 0 Å². The largest absolute Gasteiger partial charge is 0.465 e. The molecule has 0 spiro atoms. The molecule has 0 N–H and O–H groups in total. The molecule has 0 heterocycles. The highest BCUT2D eigenvalue weighted by atomic mass is 16.7. The van der Waals surface area contributed by atoms with Gasteiger partial charge in [0, 0.05) is 19.1 Å². The lowest BCUT2D eigenvalue weighted by molar-refractivity contribution is -0.0519. The molecule has 0 aliphatic rings. The Kier molecular flexibility index (Phi) is 4.91. The van der Waals surface area contributed by atoms with Crippen molar-refractivity contribution in [3.05, 3.63) is 65.7 Å². The van der Waals surface area contributed by atoms with Crippen molar-refractivity contribution in [2.45, 2.75) is 19.6 Å². The zero-order valence-corrected chi connectivity index (χ0v) is 11.7. The van der Waals surface area contributed by atoms with Crippen molar-refractivity contribution in [1.29, 1.82) is 0 Å². The molecule has 0 aliphatic heterocycles. The molecule has 1 atom stereocenters. The zero-order chi connectivity index (χ0) is 14.4. The first kappa shape index (κ1) is 14.3. The van der Waals surface area contributed by atoms with Crippen LogP contribution in [-0.4, -0.2) is 19.2 Å². The number of carbonyl (C=O) groups is 1. The smallest absolute Gasteiger partial charge is 0.203 e. The van der Waals surface area contributed by atoms with E-state index in [1.165, 1.54) is 0 Å². The number of benzene rings is 2. The summed E-state index contributed by atoms with van der Waals surface area (Å²) in [7, 11) is 1.62. The number of ketones is 1. The molecule has 1 unspecified atom stereocenters. The molecule has 104 valence electrons. The summed E-state index contributed by atoms with van der Waals surface area (Å²) in [6.45, 7) is 1.54. The summed E-state index contributed by atoms with van der Waals surface area (Å²) in [6, 6.07) is 17.1. The Morgan fingerprint density at radius 1 is 1.05 bits per heavy atom. The van der Waals surface area contributed by atoms with E-state index < -0.39 is 0 Å². The number of hydrogen-bond donors (Lipinski definition) is 0. The molecular weight excluding hydrogens is 252 g/mol. The first-order chi connectivity index (χ1) is 9.69. The summed E-state index contributed by atoms with van der Waals surface area (Å²) in [4.78, 5) is 11.2. The Morgan fingerprint density at radius 3 is 2.25 bits per heavy atom. The van der Waals surface area contributed by atoms with Crippen LogP contribution in [0.4, 0.5) is 0 Å². The first-order valence-electron chi connectivity index (χ1n) is 6.53. The summed E-state index contributed by atoms with van der Waals surface area (Å²) in [5, 5.41) is 0. The highest BCUT2D eigenvalue weighted by molar-refractivity contribution is 5.94. The van der Waals surface area contributed by atoms with E-state index >= 15 is 0 Å². The van der Waals surface area contributed by atoms with E-state index in [-0.39, 0.29) is 12.1 Å². The van der Waals surface area contributed by atoms with Crippen molar-refractivity contribution in [1.82, 2.24) is 0 Å². The van der Waals surface area contributed by atoms with Crippen LogP contribution < -0.4 is 4.74 Å². The van der Waals surface area contributed by atoms with Crippen molar-refractivity contribution < 1.29 is 14.3 Å². The standard InChI is InChI=1S/C17H18O3/c1-13(18)15-8-10-16(11-9-15)20-17(19-2)12-14-6-4-3-5-7-14/h3-11,17H,12H2,1-2H3. The van der Waals surface area contributed by atoms with E-state index in [9.17, 15) is 4.79 Å². The lowest BCUT2D eigenvalue weighted by Crippen LogP contribution is -2.21. The average Bonchev–Trinajstić information content (AvgIpc) is 2.48. The number of methoxy groups -OCH3 is 1. The third-order valence-electron chi connectivity index (χ3n) is 3.04. The monoisotopic (exact) mass is 270 g/mol. The van der Waals surface area contributed by atoms with Gasteiger partial charge in [0.1, 0.15) is 5.75 Å². The fourth-order valence-corrected chi connectivity index (χ4v) is 1.90. The first-order valence-corrected chi connectivity index (χ1v) is 6.53. The number of Topliss-reactive ketones (excluding diaryl/α,β-unsaturated/α-hetero) is 1. The van der Waals surface area contributed by atoms with Crippen LogP contribution in [0.3, 0.4) is 0 Å². The number of ether oxygens (including phenoxy) is 2. The Balaban J connectivity index is 2.01. The van der Waals surface area contributed by atoms with E-state index in [2.05, 4.69) is 0 Å². The molecule has 20 heavy (non-hydrogen) atoms. The Bertz CT molecular complexity index is 546. The molecule has 0 aliphatic carbocycles. The Morgan fingerprint density at radius 2 is 1.70 bits per heavy atom. The highest BCUT2D eigenvalue weighted by Gasteiger charge is 2.10. The second-order valence-corrected chi connectivity index (χ2v) is 4.55. The van der Waals surface area contributed by atoms with Gasteiger partial charge in [-0.05, 0) is 36.8 Å². The predicted molar refractivity (Wildman–Crippen MR) is 78.0 cm³/mol. The molecule has 0 saturated carbocycles. The van der Waals surface area contributed by atoms with Crippen LogP contribution >= 0.6 is 0 Å². The lowest BCUT2D eigenvalue weighted by Gasteiger charge is -2.17. The quantitative estimate of drug-likeness (QED) is 0.595. The van der Waals surface area contributed by atoms with E-state index in [4.69, 9.17) is 9.47 Å². The van der Waals surface area contributed by atoms with Gasteiger partial charge in [0.2, 0.25) is 6.29 Å². The molecule has 2 aromatic carbocycles. The van der Waals surface area contributed by atoms with E-state index in [0.717, 1.165) is 5.56 Å². The molecule has 0 saturated heterocycles. The van der Waals surface area contributed by atoms with Crippen molar-refractivity contribution in [2.75, 3.05) is 7.11 Å².